The number of carbonyl (C=O) groups is 2. The number of benzene rings is 1. The number of hydrogen-bond acceptors (Lipinski definition) is 7. The molecule has 1 aromatic carbocycles. The van der Waals surface area contributed by atoms with E-state index in [1.807, 2.05) is 51.1 Å². The van der Waals surface area contributed by atoms with Gasteiger partial charge in [0.2, 0.25) is 5.79 Å². The Labute approximate surface area is 230 Å². The van der Waals surface area contributed by atoms with Crippen molar-refractivity contribution in [3.8, 4) is 0 Å². The Morgan fingerprint density at radius 1 is 1.16 bits per heavy atom. The minimum atomic E-state index is -2.15. The molecule has 0 saturated carbocycles. The van der Waals surface area contributed by atoms with Gasteiger partial charge in [-0.3, -0.25) is 9.59 Å². The summed E-state index contributed by atoms with van der Waals surface area (Å²) < 4.78 is 31.0. The number of Topliss-reactive ketones (excluding diaryl/α,β-unsaturated/α-hetero) is 1. The zero-order valence-electron chi connectivity index (χ0n) is 24.7. The van der Waals surface area contributed by atoms with Crippen LogP contribution in [0.15, 0.2) is 42.5 Å². The Hall–Kier alpha value is -1.68. The SMILES string of the molecule is CO[C@@]1(C(C)(C)C=CC=O)O[C@H](C[C@@H](O[Si](C)(C)C(C)(C)C)[C@@H](C)OCOCc2ccccc2)CCC1=O. The summed E-state index contributed by atoms with van der Waals surface area (Å²) in [5.41, 5.74) is 0.238. The molecule has 1 aliphatic heterocycles. The maximum absolute atomic E-state index is 13.1. The molecule has 214 valence electrons. The molecule has 0 spiro atoms. The number of ether oxygens (including phenoxy) is 4. The molecule has 0 unspecified atom stereocenters. The van der Waals surface area contributed by atoms with E-state index in [9.17, 15) is 9.59 Å². The number of aldehydes is 1. The van der Waals surface area contributed by atoms with E-state index >= 15 is 0 Å². The zero-order valence-corrected chi connectivity index (χ0v) is 25.7. The number of carbonyl (C=O) groups excluding carboxylic acids is 2. The van der Waals surface area contributed by atoms with Gasteiger partial charge in [0.1, 0.15) is 13.1 Å². The molecule has 1 heterocycles. The molecule has 0 amide bonds. The third-order valence-corrected chi connectivity index (χ3v) is 12.4. The Bertz CT molecular complexity index is 922. The fraction of sp³-hybridized carbons (Fsp3) is 0.667. The minimum Gasteiger partial charge on any atom is -0.411 e. The van der Waals surface area contributed by atoms with E-state index in [0.29, 0.717) is 32.2 Å². The van der Waals surface area contributed by atoms with Gasteiger partial charge in [0.25, 0.3) is 0 Å². The quantitative estimate of drug-likeness (QED) is 0.0898. The summed E-state index contributed by atoms with van der Waals surface area (Å²) in [5, 5.41) is 0.00999. The number of allylic oxidation sites excluding steroid dienone is 1. The Morgan fingerprint density at radius 2 is 1.82 bits per heavy atom. The van der Waals surface area contributed by atoms with Gasteiger partial charge in [-0.15, -0.1) is 0 Å². The highest BCUT2D eigenvalue weighted by atomic mass is 28.4. The molecule has 2 rings (SSSR count). The van der Waals surface area contributed by atoms with Gasteiger partial charge >= 0.3 is 0 Å². The molecular weight excluding hydrogens is 500 g/mol. The fourth-order valence-corrected chi connectivity index (χ4v) is 5.85. The average molecular weight is 549 g/mol. The number of hydrogen-bond donors (Lipinski definition) is 0. The Morgan fingerprint density at radius 3 is 2.39 bits per heavy atom. The molecule has 1 aromatic rings. The summed E-state index contributed by atoms with van der Waals surface area (Å²) in [6.07, 6.45) is 4.35. The first kappa shape index (κ1) is 32.5. The summed E-state index contributed by atoms with van der Waals surface area (Å²) in [6, 6.07) is 9.97. The number of ketones is 1. The van der Waals surface area contributed by atoms with Crippen molar-refractivity contribution in [2.24, 2.45) is 5.41 Å². The van der Waals surface area contributed by atoms with Gasteiger partial charge in [0.15, 0.2) is 14.1 Å². The number of methoxy groups -OCH3 is 1. The third-order valence-electron chi connectivity index (χ3n) is 7.92. The second-order valence-corrected chi connectivity index (χ2v) is 17.0. The molecule has 0 bridgehead atoms. The van der Waals surface area contributed by atoms with E-state index in [1.54, 1.807) is 6.08 Å². The van der Waals surface area contributed by atoms with Crippen molar-refractivity contribution >= 4 is 20.4 Å². The first-order valence-corrected chi connectivity index (χ1v) is 16.4. The predicted molar refractivity (Wildman–Crippen MR) is 151 cm³/mol. The van der Waals surface area contributed by atoms with E-state index in [4.69, 9.17) is 23.4 Å². The lowest BCUT2D eigenvalue weighted by molar-refractivity contribution is -0.285. The van der Waals surface area contributed by atoms with Crippen LogP contribution < -0.4 is 0 Å². The van der Waals surface area contributed by atoms with Crippen LogP contribution in [-0.2, 0) is 39.6 Å². The number of rotatable bonds is 14. The van der Waals surface area contributed by atoms with Gasteiger partial charge in [0.05, 0.1) is 24.9 Å². The van der Waals surface area contributed by atoms with Crippen LogP contribution in [-0.4, -0.2) is 58.4 Å². The summed E-state index contributed by atoms with van der Waals surface area (Å²) >= 11 is 0. The molecule has 8 heteroatoms. The van der Waals surface area contributed by atoms with Crippen molar-refractivity contribution in [2.75, 3.05) is 13.9 Å². The first-order chi connectivity index (χ1) is 17.7. The highest BCUT2D eigenvalue weighted by Gasteiger charge is 2.55. The normalized spacial score (nSPS) is 23.0. The van der Waals surface area contributed by atoms with E-state index in [2.05, 4.69) is 33.9 Å². The molecule has 4 atom stereocenters. The lowest BCUT2D eigenvalue weighted by Gasteiger charge is -2.48. The molecule has 1 fully saturated rings. The maximum Gasteiger partial charge on any atom is 0.237 e. The summed E-state index contributed by atoms with van der Waals surface area (Å²) in [6.45, 7) is 17.4. The molecule has 7 nitrogen and oxygen atoms in total. The molecule has 0 radical (unpaired) electrons. The lowest BCUT2D eigenvalue weighted by Crippen LogP contribution is -2.59. The van der Waals surface area contributed by atoms with Gasteiger partial charge < -0.3 is 23.4 Å². The van der Waals surface area contributed by atoms with Crippen LogP contribution in [0, 0.1) is 5.41 Å². The highest BCUT2D eigenvalue weighted by Crippen LogP contribution is 2.44. The van der Waals surface area contributed by atoms with Gasteiger partial charge in [0, 0.05) is 25.4 Å². The maximum atomic E-state index is 13.1. The third kappa shape index (κ3) is 8.16. The summed E-state index contributed by atoms with van der Waals surface area (Å²) in [7, 11) is -0.669. The van der Waals surface area contributed by atoms with Crippen LogP contribution in [0.2, 0.25) is 18.1 Å². The Balaban J connectivity index is 2.19. The minimum absolute atomic E-state index is 0.00999. The second kappa shape index (κ2) is 13.6. The van der Waals surface area contributed by atoms with Crippen molar-refractivity contribution in [1.82, 2.24) is 0 Å². The van der Waals surface area contributed by atoms with Crippen LogP contribution >= 0.6 is 0 Å². The second-order valence-electron chi connectivity index (χ2n) is 12.2. The van der Waals surface area contributed by atoms with Gasteiger partial charge in [-0.2, -0.15) is 0 Å². The van der Waals surface area contributed by atoms with Crippen molar-refractivity contribution in [3.05, 3.63) is 48.0 Å². The van der Waals surface area contributed by atoms with Gasteiger partial charge in [-0.25, -0.2) is 0 Å². The van der Waals surface area contributed by atoms with Crippen molar-refractivity contribution in [1.29, 1.82) is 0 Å². The Kier molecular flexibility index (Phi) is 11.6. The van der Waals surface area contributed by atoms with Crippen LogP contribution in [0.1, 0.15) is 66.4 Å². The standard InChI is InChI=1S/C30H48O7Si/c1-23(35-22-34-21-24-14-11-10-12-15-24)26(37-38(8,9)28(2,3)4)20-25-16-17-27(32)30(33-7,36-25)29(5,6)18-13-19-31/h10-15,18-19,23,25-26H,16-17,20-22H2,1-9H3/t23-,25+,26-,30-/m1/s1. The topological polar surface area (TPSA) is 80.3 Å². The summed E-state index contributed by atoms with van der Waals surface area (Å²) in [5.74, 6) is -1.61. The van der Waals surface area contributed by atoms with Crippen LogP contribution in [0.3, 0.4) is 0 Å². The zero-order chi connectivity index (χ0) is 28.6. The molecule has 0 N–H and O–H groups in total. The molecule has 0 aromatic heterocycles. The monoisotopic (exact) mass is 548 g/mol. The van der Waals surface area contributed by atoms with E-state index < -0.39 is 19.5 Å². The van der Waals surface area contributed by atoms with Crippen LogP contribution in [0.25, 0.3) is 0 Å². The molecule has 1 saturated heterocycles. The van der Waals surface area contributed by atoms with Crippen molar-refractivity contribution in [2.45, 2.75) is 110 Å². The first-order valence-electron chi connectivity index (χ1n) is 13.5. The molecule has 0 aliphatic carbocycles. The van der Waals surface area contributed by atoms with Crippen molar-refractivity contribution < 1.29 is 33.0 Å². The smallest absolute Gasteiger partial charge is 0.237 e. The lowest BCUT2D eigenvalue weighted by atomic mass is 9.77. The van der Waals surface area contributed by atoms with Gasteiger partial charge in [-0.05, 0) is 43.1 Å². The fourth-order valence-electron chi connectivity index (χ4n) is 4.45. The highest BCUT2D eigenvalue weighted by molar-refractivity contribution is 6.74. The molecule has 38 heavy (non-hydrogen) atoms. The van der Waals surface area contributed by atoms with E-state index in [0.717, 1.165) is 5.56 Å². The summed E-state index contributed by atoms with van der Waals surface area (Å²) in [4.78, 5) is 24.1. The largest absolute Gasteiger partial charge is 0.411 e. The average Bonchev–Trinajstić information content (AvgIpc) is 2.85. The van der Waals surface area contributed by atoms with Crippen LogP contribution in [0.4, 0.5) is 0 Å². The van der Waals surface area contributed by atoms with Crippen LogP contribution in [0.5, 0.6) is 0 Å². The van der Waals surface area contributed by atoms with Crippen molar-refractivity contribution in [3.63, 3.8) is 0 Å². The van der Waals surface area contributed by atoms with E-state index in [-0.39, 0.29) is 35.9 Å². The molecule has 1 aliphatic rings. The molecular formula is C30H48O7Si. The van der Waals surface area contributed by atoms with Gasteiger partial charge in [-0.1, -0.05) is 71.0 Å². The predicted octanol–water partition coefficient (Wildman–Crippen LogP) is 6.22. The van der Waals surface area contributed by atoms with E-state index in [1.165, 1.54) is 13.2 Å².